The Morgan fingerprint density at radius 1 is 1.42 bits per heavy atom. The molecule has 0 aliphatic carbocycles. The molecule has 0 aromatic carbocycles. The SMILES string of the molecule is Cc1n[nH]c(C)c1NC(=O)N[C@H](CC(N)=O)C(=O)O. The van der Waals surface area contributed by atoms with Crippen molar-refractivity contribution in [1.82, 2.24) is 15.5 Å². The second-order valence-corrected chi connectivity index (χ2v) is 3.97. The van der Waals surface area contributed by atoms with E-state index in [9.17, 15) is 14.4 Å². The van der Waals surface area contributed by atoms with E-state index in [0.29, 0.717) is 17.1 Å². The van der Waals surface area contributed by atoms with Crippen LogP contribution in [0.3, 0.4) is 0 Å². The highest BCUT2D eigenvalue weighted by molar-refractivity contribution is 5.94. The van der Waals surface area contributed by atoms with E-state index in [1.165, 1.54) is 0 Å². The lowest BCUT2D eigenvalue weighted by molar-refractivity contribution is -0.140. The number of nitrogens with two attached hydrogens (primary N) is 1. The van der Waals surface area contributed by atoms with Crippen LogP contribution in [0.5, 0.6) is 0 Å². The summed E-state index contributed by atoms with van der Waals surface area (Å²) in [7, 11) is 0. The number of aliphatic carboxylic acids is 1. The lowest BCUT2D eigenvalue weighted by Crippen LogP contribution is -2.45. The van der Waals surface area contributed by atoms with Gasteiger partial charge in [-0.2, -0.15) is 5.10 Å². The summed E-state index contributed by atoms with van der Waals surface area (Å²) >= 11 is 0. The van der Waals surface area contributed by atoms with Crippen molar-refractivity contribution >= 4 is 23.6 Å². The number of rotatable bonds is 5. The maximum atomic E-state index is 11.6. The van der Waals surface area contributed by atoms with E-state index < -0.39 is 30.4 Å². The van der Waals surface area contributed by atoms with Crippen molar-refractivity contribution < 1.29 is 19.5 Å². The fourth-order valence-corrected chi connectivity index (χ4v) is 1.44. The van der Waals surface area contributed by atoms with Gasteiger partial charge in [0.05, 0.1) is 23.5 Å². The smallest absolute Gasteiger partial charge is 0.326 e. The minimum absolute atomic E-state index is 0.459. The monoisotopic (exact) mass is 269 g/mol. The molecule has 0 spiro atoms. The minimum Gasteiger partial charge on any atom is -0.480 e. The quantitative estimate of drug-likeness (QED) is 0.487. The Morgan fingerprint density at radius 3 is 2.47 bits per heavy atom. The Hall–Kier alpha value is -2.58. The molecule has 1 aromatic rings. The molecule has 1 rings (SSSR count). The molecule has 0 aliphatic rings. The molecule has 0 radical (unpaired) electrons. The molecule has 104 valence electrons. The average Bonchev–Trinajstić information content (AvgIpc) is 2.59. The first kappa shape index (κ1) is 14.5. The van der Waals surface area contributed by atoms with E-state index >= 15 is 0 Å². The Bertz CT molecular complexity index is 491. The van der Waals surface area contributed by atoms with Gasteiger partial charge in [0.25, 0.3) is 0 Å². The topological polar surface area (TPSA) is 150 Å². The third-order valence-electron chi connectivity index (χ3n) is 2.38. The number of carboxylic acids is 1. The number of aryl methyl sites for hydroxylation is 2. The van der Waals surface area contributed by atoms with Crippen molar-refractivity contribution in [2.45, 2.75) is 26.3 Å². The first-order valence-corrected chi connectivity index (χ1v) is 5.41. The zero-order valence-electron chi connectivity index (χ0n) is 10.5. The van der Waals surface area contributed by atoms with Crippen molar-refractivity contribution in [3.8, 4) is 0 Å². The van der Waals surface area contributed by atoms with Gasteiger partial charge in [-0.15, -0.1) is 0 Å². The lowest BCUT2D eigenvalue weighted by Gasteiger charge is -2.13. The minimum atomic E-state index is -1.37. The molecule has 6 N–H and O–H groups in total. The van der Waals surface area contributed by atoms with Gasteiger partial charge < -0.3 is 21.5 Å². The molecule has 0 saturated heterocycles. The first-order valence-electron chi connectivity index (χ1n) is 5.41. The van der Waals surface area contributed by atoms with Crippen LogP contribution < -0.4 is 16.4 Å². The number of aromatic nitrogens is 2. The second-order valence-electron chi connectivity index (χ2n) is 3.97. The Morgan fingerprint density at radius 2 is 2.05 bits per heavy atom. The highest BCUT2D eigenvalue weighted by Gasteiger charge is 2.22. The standard InChI is InChI=1S/C10H15N5O4/c1-4-8(5(2)15-14-4)13-10(19)12-6(9(17)18)3-7(11)16/h6H,3H2,1-2H3,(H2,11,16)(H,14,15)(H,17,18)(H2,12,13,19)/t6-/m1/s1. The number of H-pyrrole nitrogens is 1. The molecule has 1 heterocycles. The number of hydrogen-bond donors (Lipinski definition) is 5. The fourth-order valence-electron chi connectivity index (χ4n) is 1.44. The van der Waals surface area contributed by atoms with Gasteiger partial charge in [-0.05, 0) is 13.8 Å². The molecule has 0 saturated carbocycles. The summed E-state index contributed by atoms with van der Waals surface area (Å²) in [5.74, 6) is -2.15. The number of urea groups is 1. The molecule has 3 amide bonds. The van der Waals surface area contributed by atoms with Crippen LogP contribution in [0.4, 0.5) is 10.5 Å². The van der Waals surface area contributed by atoms with Crippen molar-refractivity contribution in [1.29, 1.82) is 0 Å². The zero-order chi connectivity index (χ0) is 14.6. The number of amides is 3. The summed E-state index contributed by atoms with van der Waals surface area (Å²) < 4.78 is 0. The van der Waals surface area contributed by atoms with Gasteiger partial charge in [0.15, 0.2) is 0 Å². The van der Waals surface area contributed by atoms with Crippen LogP contribution in [-0.4, -0.2) is 39.3 Å². The zero-order valence-corrected chi connectivity index (χ0v) is 10.5. The molecule has 0 fully saturated rings. The van der Waals surface area contributed by atoms with E-state index in [2.05, 4.69) is 20.8 Å². The summed E-state index contributed by atoms with van der Waals surface area (Å²) in [6.07, 6.45) is -0.480. The van der Waals surface area contributed by atoms with Crippen molar-refractivity contribution in [2.24, 2.45) is 5.73 Å². The third-order valence-corrected chi connectivity index (χ3v) is 2.38. The van der Waals surface area contributed by atoms with E-state index in [0.717, 1.165) is 0 Å². The Labute approximate surface area is 108 Å². The highest BCUT2D eigenvalue weighted by atomic mass is 16.4. The molecule has 0 aliphatic heterocycles. The number of anilines is 1. The number of carbonyl (C=O) groups excluding carboxylic acids is 2. The highest BCUT2D eigenvalue weighted by Crippen LogP contribution is 2.15. The van der Waals surface area contributed by atoms with Crippen LogP contribution in [0, 0.1) is 13.8 Å². The number of hydrogen-bond acceptors (Lipinski definition) is 4. The largest absolute Gasteiger partial charge is 0.480 e. The number of primary amides is 1. The van der Waals surface area contributed by atoms with Crippen LogP contribution in [0.2, 0.25) is 0 Å². The maximum Gasteiger partial charge on any atom is 0.326 e. The predicted octanol–water partition coefficient (Wildman–Crippen LogP) is -0.523. The van der Waals surface area contributed by atoms with Crippen molar-refractivity contribution in [2.75, 3.05) is 5.32 Å². The normalized spacial score (nSPS) is 11.7. The number of nitrogens with one attached hydrogen (secondary N) is 3. The molecular formula is C10H15N5O4. The van der Waals surface area contributed by atoms with Gasteiger partial charge in [0.1, 0.15) is 6.04 Å². The van der Waals surface area contributed by atoms with Gasteiger partial charge >= 0.3 is 12.0 Å². The molecule has 1 aromatic heterocycles. The summed E-state index contributed by atoms with van der Waals surface area (Å²) in [5, 5.41) is 20.0. The third kappa shape index (κ3) is 3.98. The van der Waals surface area contributed by atoms with E-state index in [1.54, 1.807) is 13.8 Å². The van der Waals surface area contributed by atoms with Gasteiger partial charge in [0, 0.05) is 0 Å². The van der Waals surface area contributed by atoms with Crippen LogP contribution in [0.1, 0.15) is 17.8 Å². The number of aromatic amines is 1. The maximum absolute atomic E-state index is 11.6. The molecular weight excluding hydrogens is 254 g/mol. The summed E-state index contributed by atoms with van der Waals surface area (Å²) in [4.78, 5) is 33.2. The molecule has 9 heteroatoms. The molecule has 1 atom stereocenters. The predicted molar refractivity (Wildman–Crippen MR) is 65.5 cm³/mol. The average molecular weight is 269 g/mol. The lowest BCUT2D eigenvalue weighted by atomic mass is 10.2. The number of carbonyl (C=O) groups is 3. The van der Waals surface area contributed by atoms with Gasteiger partial charge in [-0.25, -0.2) is 9.59 Å². The Kier molecular flexibility index (Phi) is 4.46. The van der Waals surface area contributed by atoms with Crippen LogP contribution >= 0.6 is 0 Å². The van der Waals surface area contributed by atoms with Gasteiger partial charge in [0.2, 0.25) is 5.91 Å². The number of carboxylic acid groups (broad SMARTS) is 1. The van der Waals surface area contributed by atoms with Gasteiger partial charge in [-0.1, -0.05) is 0 Å². The fraction of sp³-hybridized carbons (Fsp3) is 0.400. The molecule has 0 unspecified atom stereocenters. The summed E-state index contributed by atoms with van der Waals surface area (Å²) in [5.41, 5.74) is 6.56. The van der Waals surface area contributed by atoms with Crippen LogP contribution in [0.15, 0.2) is 0 Å². The summed E-state index contributed by atoms with van der Waals surface area (Å²) in [6.45, 7) is 3.38. The molecule has 19 heavy (non-hydrogen) atoms. The number of nitrogens with zero attached hydrogens (tertiary/aromatic N) is 1. The molecule has 9 nitrogen and oxygen atoms in total. The summed E-state index contributed by atoms with van der Waals surface area (Å²) in [6, 6.07) is -2.12. The molecule has 0 bridgehead atoms. The van der Waals surface area contributed by atoms with E-state index in [-0.39, 0.29) is 0 Å². The van der Waals surface area contributed by atoms with Crippen molar-refractivity contribution in [3.63, 3.8) is 0 Å². The van der Waals surface area contributed by atoms with Crippen molar-refractivity contribution in [3.05, 3.63) is 11.4 Å². The first-order chi connectivity index (χ1) is 8.81. The van der Waals surface area contributed by atoms with E-state index in [1.807, 2.05) is 0 Å². The Balaban J connectivity index is 2.68. The second kappa shape index (κ2) is 5.85. The van der Waals surface area contributed by atoms with Crippen LogP contribution in [-0.2, 0) is 9.59 Å². The van der Waals surface area contributed by atoms with E-state index in [4.69, 9.17) is 10.8 Å². The van der Waals surface area contributed by atoms with Crippen LogP contribution in [0.25, 0.3) is 0 Å². The van der Waals surface area contributed by atoms with Gasteiger partial charge in [-0.3, -0.25) is 9.89 Å².